The van der Waals surface area contributed by atoms with E-state index in [9.17, 15) is 4.79 Å². The zero-order chi connectivity index (χ0) is 17.8. The Morgan fingerprint density at radius 2 is 2.08 bits per heavy atom. The molecule has 1 atom stereocenters. The second-order valence-corrected chi connectivity index (χ2v) is 6.35. The fourth-order valence-corrected chi connectivity index (χ4v) is 3.13. The number of rotatable bonds is 6. The van der Waals surface area contributed by atoms with Gasteiger partial charge in [0.1, 0.15) is 18.9 Å². The van der Waals surface area contributed by atoms with E-state index in [0.717, 1.165) is 30.4 Å². The van der Waals surface area contributed by atoms with Gasteiger partial charge in [0.05, 0.1) is 23.5 Å². The summed E-state index contributed by atoms with van der Waals surface area (Å²) in [5, 5.41) is 8.23. The molecule has 2 aromatic carbocycles. The number of nitrogens with zero attached hydrogens (tertiary/aromatic N) is 2. The lowest BCUT2D eigenvalue weighted by atomic mass is 10.2. The summed E-state index contributed by atoms with van der Waals surface area (Å²) in [5.41, 5.74) is 1.59. The number of hydrogen-bond acceptors (Lipinski definition) is 4. The number of benzene rings is 2. The zero-order valence-electron chi connectivity index (χ0n) is 14.4. The Labute approximate surface area is 151 Å². The summed E-state index contributed by atoms with van der Waals surface area (Å²) in [5.74, 6) is 0.508. The van der Waals surface area contributed by atoms with Crippen molar-refractivity contribution in [3.8, 4) is 5.75 Å². The van der Waals surface area contributed by atoms with Gasteiger partial charge in [0.2, 0.25) is 5.91 Å². The second kappa shape index (κ2) is 7.58. The van der Waals surface area contributed by atoms with Gasteiger partial charge < -0.3 is 14.8 Å². The first-order chi connectivity index (χ1) is 12.8. The van der Waals surface area contributed by atoms with Crippen molar-refractivity contribution in [2.24, 2.45) is 0 Å². The first kappa shape index (κ1) is 16.6. The third-order valence-corrected chi connectivity index (χ3v) is 4.45. The van der Waals surface area contributed by atoms with Crippen LogP contribution in [-0.2, 0) is 16.1 Å². The lowest BCUT2D eigenvalue weighted by Crippen LogP contribution is -2.21. The van der Waals surface area contributed by atoms with Crippen molar-refractivity contribution in [2.75, 3.05) is 18.5 Å². The molecule has 6 nitrogen and oxygen atoms in total. The van der Waals surface area contributed by atoms with Crippen LogP contribution in [0.2, 0.25) is 0 Å². The third-order valence-electron chi connectivity index (χ3n) is 4.45. The minimum Gasteiger partial charge on any atom is -0.489 e. The Bertz CT molecular complexity index is 900. The molecule has 0 radical (unpaired) electrons. The maximum Gasteiger partial charge on any atom is 0.246 e. The van der Waals surface area contributed by atoms with E-state index < -0.39 is 0 Å². The predicted octanol–water partition coefficient (Wildman–Crippen LogP) is 3.23. The van der Waals surface area contributed by atoms with Gasteiger partial charge in [-0.3, -0.25) is 9.48 Å². The van der Waals surface area contributed by atoms with Crippen LogP contribution in [-0.4, -0.2) is 35.0 Å². The van der Waals surface area contributed by atoms with Gasteiger partial charge in [-0.05, 0) is 31.0 Å². The molecule has 6 heteroatoms. The minimum absolute atomic E-state index is 0.134. The predicted molar refractivity (Wildman–Crippen MR) is 99.3 cm³/mol. The van der Waals surface area contributed by atoms with E-state index in [2.05, 4.69) is 10.4 Å². The normalized spacial score (nSPS) is 16.7. The maximum absolute atomic E-state index is 12.5. The van der Waals surface area contributed by atoms with Crippen molar-refractivity contribution < 1.29 is 14.3 Å². The molecule has 134 valence electrons. The Kier molecular flexibility index (Phi) is 4.84. The number of hydrogen-bond donors (Lipinski definition) is 1. The number of para-hydroxylation sites is 3. The molecule has 0 saturated carbocycles. The number of amides is 1. The van der Waals surface area contributed by atoms with Crippen LogP contribution >= 0.6 is 0 Å². The van der Waals surface area contributed by atoms with Gasteiger partial charge in [-0.15, -0.1) is 0 Å². The maximum atomic E-state index is 12.5. The third kappa shape index (κ3) is 3.70. The molecule has 2 heterocycles. The highest BCUT2D eigenvalue weighted by molar-refractivity contribution is 5.93. The van der Waals surface area contributed by atoms with Crippen molar-refractivity contribution >= 4 is 22.5 Å². The molecule has 1 fully saturated rings. The summed E-state index contributed by atoms with van der Waals surface area (Å²) in [6, 6.07) is 15.3. The van der Waals surface area contributed by atoms with Crippen LogP contribution in [0.15, 0.2) is 54.7 Å². The molecule has 26 heavy (non-hydrogen) atoms. The van der Waals surface area contributed by atoms with Gasteiger partial charge in [-0.25, -0.2) is 0 Å². The van der Waals surface area contributed by atoms with Crippen LogP contribution in [0.3, 0.4) is 0 Å². The molecule has 3 aromatic rings. The smallest absolute Gasteiger partial charge is 0.246 e. The lowest BCUT2D eigenvalue weighted by molar-refractivity contribution is -0.116. The van der Waals surface area contributed by atoms with Gasteiger partial charge in [0.25, 0.3) is 0 Å². The number of fused-ring (bicyclic) bond motifs is 1. The van der Waals surface area contributed by atoms with Crippen molar-refractivity contribution in [3.63, 3.8) is 0 Å². The Hall–Kier alpha value is -2.86. The van der Waals surface area contributed by atoms with Crippen LogP contribution in [0, 0.1) is 0 Å². The first-order valence-electron chi connectivity index (χ1n) is 8.83. The number of carbonyl (C=O) groups excluding carboxylic acids is 1. The topological polar surface area (TPSA) is 65.4 Å². The highest BCUT2D eigenvalue weighted by Crippen LogP contribution is 2.25. The fourth-order valence-electron chi connectivity index (χ4n) is 3.13. The average molecular weight is 351 g/mol. The molecule has 1 unspecified atom stereocenters. The van der Waals surface area contributed by atoms with Crippen LogP contribution in [0.4, 0.5) is 5.69 Å². The van der Waals surface area contributed by atoms with Crippen molar-refractivity contribution in [1.29, 1.82) is 0 Å². The Morgan fingerprint density at radius 3 is 2.96 bits per heavy atom. The van der Waals surface area contributed by atoms with Crippen LogP contribution in [0.5, 0.6) is 5.75 Å². The quantitative estimate of drug-likeness (QED) is 0.740. The van der Waals surface area contributed by atoms with E-state index in [-0.39, 0.29) is 18.6 Å². The largest absolute Gasteiger partial charge is 0.489 e. The molecule has 0 spiro atoms. The highest BCUT2D eigenvalue weighted by Gasteiger charge is 2.17. The number of aromatic nitrogens is 2. The Balaban J connectivity index is 1.42. The van der Waals surface area contributed by atoms with Crippen molar-refractivity contribution in [2.45, 2.75) is 25.5 Å². The van der Waals surface area contributed by atoms with Crippen LogP contribution in [0.25, 0.3) is 10.9 Å². The monoisotopic (exact) mass is 351 g/mol. The molecular formula is C20H21N3O3. The lowest BCUT2D eigenvalue weighted by Gasteiger charge is -2.15. The van der Waals surface area contributed by atoms with Gasteiger partial charge >= 0.3 is 0 Å². The van der Waals surface area contributed by atoms with Crippen molar-refractivity contribution in [1.82, 2.24) is 9.78 Å². The standard InChI is InChI=1S/C20H21N3O3/c24-20(13-23-18-9-3-1-6-15(18)12-21-23)22-17-8-2-4-10-19(17)26-14-16-7-5-11-25-16/h1-4,6,8-10,12,16H,5,7,11,13-14H2,(H,22,24). The molecule has 1 N–H and O–H groups in total. The van der Waals surface area contributed by atoms with Crippen LogP contribution < -0.4 is 10.1 Å². The van der Waals surface area contributed by atoms with Gasteiger partial charge in [-0.2, -0.15) is 5.10 Å². The average Bonchev–Trinajstić information content (AvgIpc) is 3.31. The SMILES string of the molecule is O=C(Cn1ncc2ccccc21)Nc1ccccc1OCC1CCCO1. The summed E-state index contributed by atoms with van der Waals surface area (Å²) in [6.45, 7) is 1.44. The number of nitrogens with one attached hydrogen (secondary N) is 1. The van der Waals surface area contributed by atoms with E-state index >= 15 is 0 Å². The number of anilines is 1. The van der Waals surface area contributed by atoms with E-state index in [4.69, 9.17) is 9.47 Å². The molecule has 1 saturated heterocycles. The van der Waals surface area contributed by atoms with Gasteiger partial charge in [0, 0.05) is 12.0 Å². The van der Waals surface area contributed by atoms with E-state index in [1.54, 1.807) is 10.9 Å². The molecular weight excluding hydrogens is 330 g/mol. The highest BCUT2D eigenvalue weighted by atomic mass is 16.5. The van der Waals surface area contributed by atoms with Crippen LogP contribution in [0.1, 0.15) is 12.8 Å². The summed E-state index contributed by atoms with van der Waals surface area (Å²) >= 11 is 0. The zero-order valence-corrected chi connectivity index (χ0v) is 14.4. The van der Waals surface area contributed by atoms with Gasteiger partial charge in [0.15, 0.2) is 0 Å². The van der Waals surface area contributed by atoms with E-state index in [1.165, 1.54) is 0 Å². The second-order valence-electron chi connectivity index (χ2n) is 6.35. The molecule has 1 amide bonds. The fraction of sp³-hybridized carbons (Fsp3) is 0.300. The number of ether oxygens (including phenoxy) is 2. The summed E-state index contributed by atoms with van der Waals surface area (Å²) in [7, 11) is 0. The minimum atomic E-state index is -0.146. The molecule has 1 aliphatic rings. The summed E-state index contributed by atoms with van der Waals surface area (Å²) in [6.07, 6.45) is 3.99. The molecule has 0 bridgehead atoms. The number of carbonyl (C=O) groups is 1. The van der Waals surface area contributed by atoms with Gasteiger partial charge in [-0.1, -0.05) is 30.3 Å². The molecule has 1 aliphatic heterocycles. The van der Waals surface area contributed by atoms with Crippen molar-refractivity contribution in [3.05, 3.63) is 54.7 Å². The van der Waals surface area contributed by atoms with E-state index in [0.29, 0.717) is 18.0 Å². The molecule has 0 aliphatic carbocycles. The Morgan fingerprint density at radius 1 is 1.23 bits per heavy atom. The molecule has 4 rings (SSSR count). The van der Waals surface area contributed by atoms with E-state index in [1.807, 2.05) is 48.5 Å². The summed E-state index contributed by atoms with van der Waals surface area (Å²) in [4.78, 5) is 12.5. The summed E-state index contributed by atoms with van der Waals surface area (Å²) < 4.78 is 13.1. The first-order valence-corrected chi connectivity index (χ1v) is 8.83. The molecule has 1 aromatic heterocycles.